The second-order valence-electron chi connectivity index (χ2n) is 8.10. The largest absolute Gasteiger partial charge is 0.505 e. The molecule has 0 atom stereocenters. The summed E-state index contributed by atoms with van der Waals surface area (Å²) in [5, 5.41) is 13.8. The Hall–Kier alpha value is -3.62. The van der Waals surface area contributed by atoms with Gasteiger partial charge in [0.15, 0.2) is 11.5 Å². The van der Waals surface area contributed by atoms with E-state index in [4.69, 9.17) is 4.74 Å². The number of nitrogens with zero attached hydrogens (tertiary/aromatic N) is 3. The van der Waals surface area contributed by atoms with Crippen molar-refractivity contribution in [3.05, 3.63) is 68.2 Å². The molecule has 0 unspecified atom stereocenters. The van der Waals surface area contributed by atoms with Crippen LogP contribution < -0.4 is 10.5 Å². The zero-order valence-corrected chi connectivity index (χ0v) is 18.4. The molecule has 2 N–H and O–H groups in total. The van der Waals surface area contributed by atoms with E-state index < -0.39 is 5.76 Å². The topological polar surface area (TPSA) is 122 Å². The molecule has 0 radical (unpaired) electrons. The first-order valence-electron chi connectivity index (χ1n) is 10.6. The Morgan fingerprint density at radius 3 is 2.66 bits per heavy atom. The van der Waals surface area contributed by atoms with Crippen molar-refractivity contribution in [2.75, 3.05) is 13.1 Å². The van der Waals surface area contributed by atoms with Gasteiger partial charge >= 0.3 is 5.76 Å². The molecule has 32 heavy (non-hydrogen) atoms. The van der Waals surface area contributed by atoms with Crippen LogP contribution in [-0.2, 0) is 13.0 Å². The molecule has 1 amide bonds. The van der Waals surface area contributed by atoms with E-state index in [-0.39, 0.29) is 24.0 Å². The van der Waals surface area contributed by atoms with Gasteiger partial charge in [0.1, 0.15) is 18.1 Å². The van der Waals surface area contributed by atoms with Crippen molar-refractivity contribution in [2.24, 2.45) is 0 Å². The summed E-state index contributed by atoms with van der Waals surface area (Å²) in [5.41, 5.74) is 4.93. The van der Waals surface area contributed by atoms with Crippen LogP contribution in [0.1, 0.15) is 57.1 Å². The van der Waals surface area contributed by atoms with Crippen molar-refractivity contribution in [3.8, 4) is 11.5 Å². The van der Waals surface area contributed by atoms with Crippen LogP contribution >= 0.6 is 0 Å². The monoisotopic (exact) mass is 438 g/mol. The number of rotatable bonds is 6. The summed E-state index contributed by atoms with van der Waals surface area (Å²) in [6, 6.07) is 5.22. The Morgan fingerprint density at radius 2 is 1.97 bits per heavy atom. The van der Waals surface area contributed by atoms with Crippen LogP contribution in [0.5, 0.6) is 11.5 Å². The number of hydrogen-bond donors (Lipinski definition) is 2. The van der Waals surface area contributed by atoms with E-state index in [2.05, 4.69) is 19.6 Å². The van der Waals surface area contributed by atoms with Gasteiger partial charge in [-0.3, -0.25) is 14.3 Å². The zero-order valence-electron chi connectivity index (χ0n) is 18.4. The molecule has 1 fully saturated rings. The van der Waals surface area contributed by atoms with Crippen LogP contribution in [0.15, 0.2) is 27.5 Å². The molecule has 3 heterocycles. The quantitative estimate of drug-likeness (QED) is 0.607. The smallest absolute Gasteiger partial charge is 0.439 e. The molecule has 1 aliphatic rings. The van der Waals surface area contributed by atoms with Gasteiger partial charge in [0.25, 0.3) is 5.91 Å². The van der Waals surface area contributed by atoms with E-state index in [0.717, 1.165) is 35.1 Å². The molecule has 168 valence electrons. The van der Waals surface area contributed by atoms with Gasteiger partial charge < -0.3 is 14.7 Å². The van der Waals surface area contributed by atoms with Crippen LogP contribution in [-0.4, -0.2) is 44.1 Å². The van der Waals surface area contributed by atoms with Gasteiger partial charge in [0.2, 0.25) is 0 Å². The zero-order chi connectivity index (χ0) is 22.8. The summed E-state index contributed by atoms with van der Waals surface area (Å²) < 4.78 is 10.3. The third-order valence-corrected chi connectivity index (χ3v) is 5.94. The molecule has 0 aliphatic carbocycles. The maximum absolute atomic E-state index is 12.7. The molecule has 1 aliphatic heterocycles. The maximum atomic E-state index is 12.7. The second-order valence-corrected chi connectivity index (χ2v) is 8.10. The van der Waals surface area contributed by atoms with Gasteiger partial charge in [0.05, 0.1) is 0 Å². The minimum absolute atomic E-state index is 0.0896. The number of nitrogens with one attached hydrogen (secondary N) is 1. The molecule has 9 heteroatoms. The number of H-pyrrole nitrogens is 1. The first kappa shape index (κ1) is 21.6. The Morgan fingerprint density at radius 1 is 1.22 bits per heavy atom. The van der Waals surface area contributed by atoms with Gasteiger partial charge in [-0.2, -0.15) is 0 Å². The SMILES string of the molecule is Cc1cc(OCc2noc(=O)[nH]2)c(C)c(C)c1Cc1ccc(O)c(C(=O)N2CCCC2)n1. The van der Waals surface area contributed by atoms with Crippen LogP contribution in [0.25, 0.3) is 0 Å². The normalized spacial score (nSPS) is 13.5. The lowest BCUT2D eigenvalue weighted by Crippen LogP contribution is -2.28. The number of ether oxygens (including phenoxy) is 1. The molecule has 3 aromatic rings. The van der Waals surface area contributed by atoms with E-state index in [1.807, 2.05) is 26.8 Å². The van der Waals surface area contributed by atoms with Gasteiger partial charge in [-0.15, -0.1) is 0 Å². The molecule has 0 spiro atoms. The van der Waals surface area contributed by atoms with Crippen molar-refractivity contribution < 1.29 is 19.2 Å². The summed E-state index contributed by atoms with van der Waals surface area (Å²) in [7, 11) is 0. The molecule has 2 aromatic heterocycles. The summed E-state index contributed by atoms with van der Waals surface area (Å²) >= 11 is 0. The molecule has 0 saturated carbocycles. The highest BCUT2D eigenvalue weighted by atomic mass is 16.5. The number of aromatic nitrogens is 3. The lowest BCUT2D eigenvalue weighted by atomic mass is 9.94. The Balaban J connectivity index is 1.56. The van der Waals surface area contributed by atoms with Gasteiger partial charge in [-0.1, -0.05) is 5.16 Å². The van der Waals surface area contributed by atoms with E-state index in [1.165, 1.54) is 0 Å². The van der Waals surface area contributed by atoms with Crippen LogP contribution in [0.4, 0.5) is 0 Å². The van der Waals surface area contributed by atoms with Gasteiger partial charge in [-0.05, 0) is 74.1 Å². The summed E-state index contributed by atoms with van der Waals surface area (Å²) in [4.78, 5) is 32.5. The molecule has 1 aromatic carbocycles. The van der Waals surface area contributed by atoms with E-state index in [0.29, 0.717) is 36.8 Å². The Bertz CT molecular complexity index is 1210. The lowest BCUT2D eigenvalue weighted by molar-refractivity contribution is 0.0783. The number of aromatic amines is 1. The average molecular weight is 438 g/mol. The number of aromatic hydroxyl groups is 1. The number of amides is 1. The van der Waals surface area contributed by atoms with E-state index in [1.54, 1.807) is 17.0 Å². The summed E-state index contributed by atoms with van der Waals surface area (Å²) in [6.45, 7) is 7.46. The summed E-state index contributed by atoms with van der Waals surface area (Å²) in [6.07, 6.45) is 2.48. The van der Waals surface area contributed by atoms with Gasteiger partial charge in [-0.25, -0.2) is 9.78 Å². The van der Waals surface area contributed by atoms with Crippen LogP contribution in [0.3, 0.4) is 0 Å². The van der Waals surface area contributed by atoms with Crippen LogP contribution in [0, 0.1) is 20.8 Å². The predicted molar refractivity (Wildman–Crippen MR) is 116 cm³/mol. The highest BCUT2D eigenvalue weighted by Gasteiger charge is 2.24. The third kappa shape index (κ3) is 4.37. The first-order chi connectivity index (χ1) is 15.3. The molecular weight excluding hydrogens is 412 g/mol. The molecular formula is C23H26N4O5. The van der Waals surface area contributed by atoms with Gasteiger partial charge in [0, 0.05) is 25.2 Å². The average Bonchev–Trinajstić information content (AvgIpc) is 3.45. The fourth-order valence-corrected chi connectivity index (χ4v) is 3.99. The summed E-state index contributed by atoms with van der Waals surface area (Å²) in [5.74, 6) is 0.0755. The number of aryl methyl sites for hydroxylation is 1. The minimum Gasteiger partial charge on any atom is -0.505 e. The van der Waals surface area contributed by atoms with E-state index in [9.17, 15) is 14.7 Å². The first-order valence-corrected chi connectivity index (χ1v) is 10.6. The fraction of sp³-hybridized carbons (Fsp3) is 0.391. The van der Waals surface area contributed by atoms with E-state index >= 15 is 0 Å². The predicted octanol–water partition coefficient (Wildman–Crippen LogP) is 2.79. The number of likely N-dealkylation sites (tertiary alicyclic amines) is 1. The molecule has 0 bridgehead atoms. The fourth-order valence-electron chi connectivity index (χ4n) is 3.99. The second kappa shape index (κ2) is 8.86. The van der Waals surface area contributed by atoms with Crippen molar-refractivity contribution >= 4 is 5.91 Å². The standard InChI is InChI=1S/C23H26N4O5/c1-13-10-19(31-12-20-25-23(30)32-26-20)15(3)14(2)17(13)11-16-6-7-18(28)21(24-16)22(29)27-8-4-5-9-27/h6-7,10,28H,4-5,8-9,11-12H2,1-3H3,(H,25,26,30). The van der Waals surface area contributed by atoms with Crippen molar-refractivity contribution in [1.82, 2.24) is 20.0 Å². The molecule has 1 saturated heterocycles. The number of carbonyl (C=O) groups is 1. The van der Waals surface area contributed by atoms with Crippen molar-refractivity contribution in [3.63, 3.8) is 0 Å². The molecule has 4 rings (SSSR count). The van der Waals surface area contributed by atoms with Crippen molar-refractivity contribution in [1.29, 1.82) is 0 Å². The van der Waals surface area contributed by atoms with Crippen LogP contribution in [0.2, 0.25) is 0 Å². The third-order valence-electron chi connectivity index (χ3n) is 5.94. The maximum Gasteiger partial charge on any atom is 0.439 e. The minimum atomic E-state index is -0.619. The highest BCUT2D eigenvalue weighted by Crippen LogP contribution is 2.30. The number of pyridine rings is 1. The highest BCUT2D eigenvalue weighted by molar-refractivity contribution is 5.95. The van der Waals surface area contributed by atoms with Crippen molar-refractivity contribution in [2.45, 2.75) is 46.6 Å². The number of carbonyl (C=O) groups excluding carboxylic acids is 1. The Labute approximate surface area is 185 Å². The number of hydrogen-bond acceptors (Lipinski definition) is 7. The number of benzene rings is 1. The Kier molecular flexibility index (Phi) is 5.98. The lowest BCUT2D eigenvalue weighted by Gasteiger charge is -2.18. The molecule has 9 nitrogen and oxygen atoms in total.